The molecule has 6 nitrogen and oxygen atoms in total. The summed E-state index contributed by atoms with van der Waals surface area (Å²) in [6.45, 7) is 2.30. The third-order valence-electron chi connectivity index (χ3n) is 4.49. The number of hydrogen-bond acceptors (Lipinski definition) is 6. The van der Waals surface area contributed by atoms with Gasteiger partial charge in [0.25, 0.3) is 5.22 Å². The van der Waals surface area contributed by atoms with E-state index in [0.29, 0.717) is 17.2 Å². The molecule has 24 heavy (non-hydrogen) atoms. The quantitative estimate of drug-likeness (QED) is 0.848. The highest BCUT2D eigenvalue weighted by Crippen LogP contribution is 2.33. The lowest BCUT2D eigenvalue weighted by molar-refractivity contribution is -0.130. The minimum Gasteiger partial charge on any atom is -0.411 e. The van der Waals surface area contributed by atoms with Crippen LogP contribution in [0, 0.1) is 0 Å². The van der Waals surface area contributed by atoms with Gasteiger partial charge < -0.3 is 14.1 Å². The van der Waals surface area contributed by atoms with Crippen molar-refractivity contribution < 1.29 is 13.9 Å². The molecule has 126 valence electrons. The third kappa shape index (κ3) is 3.18. The highest BCUT2D eigenvalue weighted by atomic mass is 32.2. The summed E-state index contributed by atoms with van der Waals surface area (Å²) in [7, 11) is 0. The Morgan fingerprint density at radius 3 is 2.67 bits per heavy atom. The lowest BCUT2D eigenvalue weighted by Gasteiger charge is -2.31. The third-order valence-corrected chi connectivity index (χ3v) is 5.58. The molecular formula is C17H19N3O3S. The summed E-state index contributed by atoms with van der Waals surface area (Å²) in [6, 6.07) is 9.97. The number of likely N-dealkylation sites (tertiary alicyclic amines) is 1. The average Bonchev–Trinajstić information content (AvgIpc) is 3.25. The number of thioether (sulfide) groups is 1. The fraction of sp³-hybridized carbons (Fsp3) is 0.471. The van der Waals surface area contributed by atoms with Gasteiger partial charge in [-0.3, -0.25) is 4.79 Å². The van der Waals surface area contributed by atoms with Crippen LogP contribution < -0.4 is 0 Å². The molecule has 2 aromatic rings. The SMILES string of the molecule is O=C1[C@H](Sc2nnc(-c3ccccc3)o2)CCN1C1CCOCC1. The maximum Gasteiger partial charge on any atom is 0.277 e. The Morgan fingerprint density at radius 2 is 1.88 bits per heavy atom. The fourth-order valence-electron chi connectivity index (χ4n) is 3.22. The summed E-state index contributed by atoms with van der Waals surface area (Å²) >= 11 is 1.38. The number of hydrogen-bond donors (Lipinski definition) is 0. The van der Waals surface area contributed by atoms with Crippen LogP contribution in [0.4, 0.5) is 0 Å². The zero-order valence-electron chi connectivity index (χ0n) is 13.3. The van der Waals surface area contributed by atoms with Gasteiger partial charge >= 0.3 is 0 Å². The van der Waals surface area contributed by atoms with Gasteiger partial charge in [-0.25, -0.2) is 0 Å². The Bertz CT molecular complexity index is 700. The molecule has 1 aromatic carbocycles. The molecule has 3 heterocycles. The molecule has 0 N–H and O–H groups in total. The number of ether oxygens (including phenoxy) is 1. The van der Waals surface area contributed by atoms with Crippen molar-refractivity contribution >= 4 is 17.7 Å². The second kappa shape index (κ2) is 6.94. The van der Waals surface area contributed by atoms with E-state index in [4.69, 9.17) is 9.15 Å². The van der Waals surface area contributed by atoms with Crippen molar-refractivity contribution in [2.75, 3.05) is 19.8 Å². The first kappa shape index (κ1) is 15.7. The Hall–Kier alpha value is -1.86. The van der Waals surface area contributed by atoms with Gasteiger partial charge in [-0.1, -0.05) is 30.0 Å². The summed E-state index contributed by atoms with van der Waals surface area (Å²) in [6.07, 6.45) is 2.69. The van der Waals surface area contributed by atoms with E-state index < -0.39 is 0 Å². The van der Waals surface area contributed by atoms with Crippen molar-refractivity contribution in [1.82, 2.24) is 15.1 Å². The molecule has 0 radical (unpaired) electrons. The van der Waals surface area contributed by atoms with E-state index in [-0.39, 0.29) is 11.2 Å². The van der Waals surface area contributed by atoms with E-state index in [1.165, 1.54) is 11.8 Å². The Labute approximate surface area is 144 Å². The first-order valence-electron chi connectivity index (χ1n) is 8.25. The number of rotatable bonds is 4. The van der Waals surface area contributed by atoms with Crippen molar-refractivity contribution in [3.8, 4) is 11.5 Å². The van der Waals surface area contributed by atoms with Crippen molar-refractivity contribution in [2.45, 2.75) is 35.8 Å². The molecule has 1 aromatic heterocycles. The largest absolute Gasteiger partial charge is 0.411 e. The number of nitrogens with zero attached hydrogens (tertiary/aromatic N) is 3. The molecule has 2 fully saturated rings. The van der Waals surface area contributed by atoms with Gasteiger partial charge in [0.2, 0.25) is 11.8 Å². The minimum atomic E-state index is -0.128. The number of amides is 1. The minimum absolute atomic E-state index is 0.128. The lowest BCUT2D eigenvalue weighted by atomic mass is 10.1. The van der Waals surface area contributed by atoms with Gasteiger partial charge in [0, 0.05) is 31.4 Å². The molecule has 2 saturated heterocycles. The lowest BCUT2D eigenvalue weighted by Crippen LogP contribution is -2.41. The van der Waals surface area contributed by atoms with Crippen molar-refractivity contribution in [2.24, 2.45) is 0 Å². The van der Waals surface area contributed by atoms with E-state index in [9.17, 15) is 4.79 Å². The molecule has 0 spiro atoms. The summed E-state index contributed by atoms with van der Waals surface area (Å²) in [5.41, 5.74) is 0.887. The van der Waals surface area contributed by atoms with Gasteiger partial charge in [-0.05, 0) is 31.4 Å². The predicted molar refractivity (Wildman–Crippen MR) is 89.6 cm³/mol. The summed E-state index contributed by atoms with van der Waals surface area (Å²) in [4.78, 5) is 14.7. The molecule has 1 amide bonds. The maximum atomic E-state index is 12.7. The second-order valence-electron chi connectivity index (χ2n) is 6.01. The van der Waals surface area contributed by atoms with E-state index in [2.05, 4.69) is 10.2 Å². The number of carbonyl (C=O) groups excluding carboxylic acids is 1. The molecule has 2 aliphatic heterocycles. The van der Waals surface area contributed by atoms with Crippen LogP contribution in [0.1, 0.15) is 19.3 Å². The molecule has 0 saturated carbocycles. The Kier molecular flexibility index (Phi) is 4.53. The molecule has 4 rings (SSSR count). The van der Waals surface area contributed by atoms with Crippen LogP contribution in [0.3, 0.4) is 0 Å². The van der Waals surface area contributed by atoms with E-state index in [1.807, 2.05) is 35.2 Å². The Balaban J connectivity index is 1.41. The van der Waals surface area contributed by atoms with Crippen LogP contribution in [-0.4, -0.2) is 52.1 Å². The molecule has 0 aliphatic carbocycles. The normalized spacial score (nSPS) is 22.2. The predicted octanol–water partition coefficient (Wildman–Crippen LogP) is 2.61. The fourth-order valence-corrected chi connectivity index (χ4v) is 4.14. The van der Waals surface area contributed by atoms with Crippen molar-refractivity contribution in [3.05, 3.63) is 30.3 Å². The number of carbonyl (C=O) groups is 1. The van der Waals surface area contributed by atoms with E-state index in [1.54, 1.807) is 0 Å². The van der Waals surface area contributed by atoms with Crippen molar-refractivity contribution in [3.63, 3.8) is 0 Å². The topological polar surface area (TPSA) is 68.5 Å². The first-order chi connectivity index (χ1) is 11.8. The van der Waals surface area contributed by atoms with Crippen LogP contribution in [0.25, 0.3) is 11.5 Å². The van der Waals surface area contributed by atoms with Gasteiger partial charge in [0.1, 0.15) is 0 Å². The highest BCUT2D eigenvalue weighted by molar-refractivity contribution is 8.00. The van der Waals surface area contributed by atoms with E-state index in [0.717, 1.165) is 44.6 Å². The molecule has 0 unspecified atom stereocenters. The van der Waals surface area contributed by atoms with Gasteiger partial charge in [-0.15, -0.1) is 10.2 Å². The van der Waals surface area contributed by atoms with Crippen LogP contribution in [0.5, 0.6) is 0 Å². The zero-order valence-corrected chi connectivity index (χ0v) is 14.1. The molecule has 1 atom stereocenters. The average molecular weight is 345 g/mol. The molecular weight excluding hydrogens is 326 g/mol. The van der Waals surface area contributed by atoms with Gasteiger partial charge in [0.15, 0.2) is 0 Å². The first-order valence-corrected chi connectivity index (χ1v) is 9.13. The smallest absolute Gasteiger partial charge is 0.277 e. The van der Waals surface area contributed by atoms with Crippen LogP contribution >= 0.6 is 11.8 Å². The van der Waals surface area contributed by atoms with E-state index >= 15 is 0 Å². The van der Waals surface area contributed by atoms with Crippen molar-refractivity contribution in [1.29, 1.82) is 0 Å². The molecule has 0 bridgehead atoms. The monoisotopic (exact) mass is 345 g/mol. The van der Waals surface area contributed by atoms with Gasteiger partial charge in [0.05, 0.1) is 5.25 Å². The van der Waals surface area contributed by atoms with Crippen LogP contribution in [0.15, 0.2) is 40.0 Å². The second-order valence-corrected chi connectivity index (χ2v) is 7.16. The maximum absolute atomic E-state index is 12.7. The van der Waals surface area contributed by atoms with Crippen LogP contribution in [-0.2, 0) is 9.53 Å². The van der Waals surface area contributed by atoms with Crippen LogP contribution in [0.2, 0.25) is 0 Å². The molecule has 2 aliphatic rings. The highest BCUT2D eigenvalue weighted by Gasteiger charge is 2.37. The number of aromatic nitrogens is 2. The Morgan fingerprint density at radius 1 is 1.08 bits per heavy atom. The van der Waals surface area contributed by atoms with Gasteiger partial charge in [-0.2, -0.15) is 0 Å². The molecule has 7 heteroatoms. The standard InChI is InChI=1S/C17H19N3O3S/c21-16-14(6-9-20(16)13-7-10-22-11-8-13)24-17-19-18-15(23-17)12-4-2-1-3-5-12/h1-5,13-14H,6-11H2/t14-/m1/s1. The summed E-state index contributed by atoms with van der Waals surface area (Å²) in [5, 5.41) is 8.50. The summed E-state index contributed by atoms with van der Waals surface area (Å²) in [5.74, 6) is 0.677. The number of benzene rings is 1. The summed E-state index contributed by atoms with van der Waals surface area (Å²) < 4.78 is 11.1. The zero-order chi connectivity index (χ0) is 16.4.